The number of carbonyl (C=O) groups excluding carboxylic acids is 4. The van der Waals surface area contributed by atoms with E-state index in [0.29, 0.717) is 81.8 Å². The highest BCUT2D eigenvalue weighted by molar-refractivity contribution is 6.21. The molecule has 16 aliphatic rings. The summed E-state index contributed by atoms with van der Waals surface area (Å²) in [6.07, 6.45) is 78.2. The van der Waals surface area contributed by atoms with Gasteiger partial charge in [0, 0.05) is 67.9 Å². The van der Waals surface area contributed by atoms with E-state index in [0.717, 1.165) is 196 Å². The number of methoxy groups -OCH3 is 2. The second kappa shape index (κ2) is 84.9. The standard InChI is InChI=1S/C9H18O2.3C9H16O.2C9H18O.C9H18.C8H16.3C7H13Cl.3C7H14O.C5H11N.C5H10.CH2O/c1-7-4-8(10-2)6-9(5-7)11-3;1-7-3-5-9(6-4-7)8(2)10;1-7-4-3-5-9(6-7)8(2)10;1-8-4-2-3-5-9(8)6-7-10;1-3-10-9-6-4-8(2)5-7-9;1-3-10-9-6-4-5-8(2)7-9;1-7-4-8(2)6-9(3)5-7;1-7-5-3-4-6-8(7)2;1-6-2-4-7(8)5-3-6;1-6-3-2-4-7(8)5-6;1-6-4-2-3-5-7(6)8;1-6-2-4-7(8)5-3-6;1-6-3-2-4-7(8)5-6;1-6-4-2-3-5-7(6)8;1-4-2-5(6)3-4;1-5(2)3-4-5;1-2/h7-9H,4-6H2,1-3H3;2*7,9H,3-6H2,1-2H3;7-9H,2-6H2,1H3;2*8-9H,3-7H2,1-2H3;7-9H,4-6H2,1-3H3;7-8H,3-6H2,1-2H3;3*6-7H,2-5H2,1H3;3*6-8H,2-5H2,1H3;4-5H,2-3,6H2,1H3;3-4H2,1-2H3;1H2. The molecule has 0 aromatic carbocycles. The fourth-order valence-corrected chi connectivity index (χ4v) is 24.4. The smallest absolute Gasteiger partial charge is 0.132 e. The zero-order chi connectivity index (χ0) is 105. The van der Waals surface area contributed by atoms with Gasteiger partial charge >= 0.3 is 0 Å². The van der Waals surface area contributed by atoms with Crippen molar-refractivity contribution in [2.75, 3.05) is 27.4 Å². The average Bonchev–Trinajstić information content (AvgIpc) is 1.72. The molecule has 16 aliphatic carbocycles. The van der Waals surface area contributed by atoms with Crippen molar-refractivity contribution >= 4 is 59.4 Å². The Bertz CT molecular complexity index is 2580. The maximum atomic E-state index is 10.9. The van der Waals surface area contributed by atoms with Crippen LogP contribution in [0.4, 0.5) is 0 Å². The third-order valence-corrected chi connectivity index (χ3v) is 35.8. The first-order valence-electron chi connectivity index (χ1n) is 59.6. The van der Waals surface area contributed by atoms with Crippen molar-refractivity contribution in [3.05, 3.63) is 0 Å². The number of halogens is 3. The van der Waals surface area contributed by atoms with E-state index in [9.17, 15) is 19.5 Å². The third kappa shape index (κ3) is 76.4. The molecule has 0 amide bonds. The van der Waals surface area contributed by atoms with Crippen molar-refractivity contribution in [1.29, 1.82) is 0 Å². The second-order valence-electron chi connectivity index (χ2n) is 50.2. The number of alkyl halides is 3. The van der Waals surface area contributed by atoms with Crippen LogP contribution < -0.4 is 5.73 Å². The van der Waals surface area contributed by atoms with Gasteiger partial charge in [0.15, 0.2) is 0 Å². The molecule has 12 nitrogen and oxygen atoms in total. The minimum absolute atomic E-state index is 0.00347. The fraction of sp³-hybridized carbons (Fsp3) is 0.968. The van der Waals surface area contributed by atoms with Gasteiger partial charge in [-0.25, -0.2) is 0 Å². The van der Waals surface area contributed by atoms with Crippen LogP contribution in [0.2, 0.25) is 0 Å². The second-order valence-corrected chi connectivity index (χ2v) is 52.0. The molecule has 828 valence electrons. The molecular weight excluding hydrogens is 1790 g/mol. The summed E-state index contributed by atoms with van der Waals surface area (Å²) in [5.41, 5.74) is 6.22. The third-order valence-electron chi connectivity index (χ3n) is 34.4. The minimum Gasteiger partial charge on any atom is -0.393 e. The number of ether oxygens (including phenoxy) is 4. The summed E-state index contributed by atoms with van der Waals surface area (Å²) >= 11 is 17.8. The predicted octanol–water partition coefficient (Wildman–Crippen LogP) is 35.6. The minimum atomic E-state index is 0.00347. The van der Waals surface area contributed by atoms with Gasteiger partial charge in [0.25, 0.3) is 0 Å². The van der Waals surface area contributed by atoms with E-state index in [1.807, 2.05) is 6.79 Å². The van der Waals surface area contributed by atoms with Gasteiger partial charge in [0.2, 0.25) is 0 Å². The van der Waals surface area contributed by atoms with Crippen molar-refractivity contribution < 1.29 is 53.4 Å². The van der Waals surface area contributed by atoms with E-state index in [-0.39, 0.29) is 18.3 Å². The van der Waals surface area contributed by atoms with Gasteiger partial charge in [-0.15, -0.1) is 34.8 Å². The summed E-state index contributed by atoms with van der Waals surface area (Å²) in [7, 11) is 3.57. The molecule has 0 aromatic heterocycles. The van der Waals surface area contributed by atoms with E-state index in [1.165, 1.54) is 308 Å². The molecule has 18 unspecified atom stereocenters. The van der Waals surface area contributed by atoms with Gasteiger partial charge in [-0.1, -0.05) is 273 Å². The van der Waals surface area contributed by atoms with Crippen LogP contribution in [0.25, 0.3) is 0 Å². The van der Waals surface area contributed by atoms with Gasteiger partial charge in [0.1, 0.15) is 24.6 Å². The largest absolute Gasteiger partial charge is 0.393 e. The van der Waals surface area contributed by atoms with Crippen LogP contribution in [-0.4, -0.2) is 132 Å². The molecule has 0 radical (unpaired) electrons. The Balaban J connectivity index is 0.00000146. The summed E-state index contributed by atoms with van der Waals surface area (Å²) in [4.78, 5) is 40.1. The molecule has 0 bridgehead atoms. The fourth-order valence-electron chi connectivity index (χ4n) is 23.5. The Labute approximate surface area is 879 Å². The van der Waals surface area contributed by atoms with Crippen molar-refractivity contribution in [1.82, 2.24) is 0 Å². The van der Waals surface area contributed by atoms with Crippen LogP contribution in [-0.2, 0) is 38.1 Å². The highest BCUT2D eigenvalue weighted by atomic mass is 35.5. The Hall–Kier alpha value is -0.770. The van der Waals surface area contributed by atoms with Crippen LogP contribution in [0.5, 0.6) is 0 Å². The van der Waals surface area contributed by atoms with Crippen molar-refractivity contribution in [2.24, 2.45) is 135 Å². The maximum absolute atomic E-state index is 10.9. The van der Waals surface area contributed by atoms with Crippen molar-refractivity contribution in [2.45, 2.75) is 610 Å². The number of nitrogens with two attached hydrogens (primary N) is 1. The quantitative estimate of drug-likeness (QED) is 0.120. The van der Waals surface area contributed by atoms with Crippen molar-refractivity contribution in [3.8, 4) is 0 Å². The lowest BCUT2D eigenvalue weighted by Gasteiger charge is -2.31. The molecule has 15 heteroatoms. The summed E-state index contributed by atoms with van der Waals surface area (Å²) in [6, 6.07) is 0.542. The highest BCUT2D eigenvalue weighted by Crippen LogP contribution is 2.44. The van der Waals surface area contributed by atoms with Crippen LogP contribution in [0.15, 0.2) is 0 Å². The van der Waals surface area contributed by atoms with Crippen LogP contribution in [0.3, 0.4) is 0 Å². The van der Waals surface area contributed by atoms with Crippen LogP contribution in [0, 0.1) is 130 Å². The molecule has 16 rings (SSSR count). The van der Waals surface area contributed by atoms with Gasteiger partial charge < -0.3 is 49.6 Å². The van der Waals surface area contributed by atoms with E-state index in [1.54, 1.807) is 28.1 Å². The molecule has 0 aliphatic heterocycles. The van der Waals surface area contributed by atoms with Crippen LogP contribution in [0.1, 0.15) is 545 Å². The Morgan fingerprint density at radius 2 is 0.683 bits per heavy atom. The van der Waals surface area contributed by atoms with Crippen molar-refractivity contribution in [3.63, 3.8) is 0 Å². The molecule has 5 N–H and O–H groups in total. The first kappa shape index (κ1) is 138. The molecule has 0 heterocycles. The first-order valence-corrected chi connectivity index (χ1v) is 60.9. The predicted molar refractivity (Wildman–Crippen MR) is 603 cm³/mol. The number of carbonyl (C=O) groups is 4. The summed E-state index contributed by atoms with van der Waals surface area (Å²) < 4.78 is 21.7. The summed E-state index contributed by atoms with van der Waals surface area (Å²) in [6.45, 7) is 57.3. The van der Waals surface area contributed by atoms with Gasteiger partial charge in [-0.3, -0.25) is 9.59 Å². The zero-order valence-electron chi connectivity index (χ0n) is 96.7. The van der Waals surface area contributed by atoms with E-state index < -0.39 is 0 Å². The Kier molecular flexibility index (Phi) is 84.4. The number of aliphatic hydroxyl groups excluding tert-OH is 3. The number of hydrogen-bond donors (Lipinski definition) is 4. The topological polar surface area (TPSA) is 192 Å². The number of ketones is 2. The van der Waals surface area contributed by atoms with Gasteiger partial charge in [0.05, 0.1) is 42.7 Å². The molecule has 16 saturated carbocycles. The normalized spacial score (nSPS) is 37.3. The summed E-state index contributed by atoms with van der Waals surface area (Å²) in [5, 5.41) is 28.7. The number of aldehydes is 1. The lowest BCUT2D eigenvalue weighted by molar-refractivity contribution is -0.122. The Morgan fingerprint density at radius 1 is 0.324 bits per heavy atom. The summed E-state index contributed by atoms with van der Waals surface area (Å²) in [5.74, 6) is 18.0. The molecule has 0 spiro atoms. The molecule has 0 aromatic rings. The monoisotopic (exact) mass is 2020 g/mol. The highest BCUT2D eigenvalue weighted by Gasteiger charge is 2.32. The zero-order valence-corrected chi connectivity index (χ0v) is 99.0. The number of Topliss-reactive ketones (excluding diaryl/α,β-unsaturated/α-hetero) is 2. The molecule has 16 fully saturated rings. The first-order chi connectivity index (χ1) is 65.9. The van der Waals surface area contributed by atoms with E-state index in [4.69, 9.17) is 74.5 Å². The molecule has 18 atom stereocenters. The van der Waals surface area contributed by atoms with E-state index in [2.05, 4.69) is 152 Å². The molecule has 0 saturated heterocycles. The van der Waals surface area contributed by atoms with E-state index >= 15 is 0 Å². The lowest BCUT2D eigenvalue weighted by atomic mass is 9.78. The number of aliphatic hydroxyl groups is 3. The molecule has 139 heavy (non-hydrogen) atoms. The Morgan fingerprint density at radius 3 is 0.986 bits per heavy atom. The number of hydrogen-bond acceptors (Lipinski definition) is 12. The number of rotatable bonds is 10. The maximum Gasteiger partial charge on any atom is 0.132 e. The van der Waals surface area contributed by atoms with Gasteiger partial charge in [-0.05, 0) is 383 Å². The average molecular weight is 2030 g/mol. The SMILES string of the molecule is C=O.CC(=O)C1CCC(C)CC1.CC(=O)C1CCCC(C)C1.CC1(C)CC1.CC1CC(C)CC(C)C1.CC1CC(N)C1.CC1CCC(Cl)CC1.CC1CCC(O)CC1.CC1CCCC(Cl)C1.CC1CCCC(O)C1.CC1CCCCC1C.CC1CCCCC1CC=O.CC1CCCCC1Cl.CC1CCCCC1O.CCOC1CCC(C)CC1.CCOC1CCCC(C)C1.COC1CC(C)CC(OC)C1. The van der Waals surface area contributed by atoms with Gasteiger partial charge in [-0.2, -0.15) is 0 Å². The lowest BCUT2D eigenvalue weighted by Crippen LogP contribution is -2.34. The van der Waals surface area contributed by atoms with Crippen LogP contribution >= 0.6 is 34.8 Å². The molecular formula is C124H240Cl3NO11.